The first kappa shape index (κ1) is 19.1. The van der Waals surface area contributed by atoms with Gasteiger partial charge in [0.25, 0.3) is 0 Å². The van der Waals surface area contributed by atoms with Gasteiger partial charge in [-0.05, 0) is 36.8 Å². The smallest absolute Gasteiger partial charge is 0.175 e. The highest BCUT2D eigenvalue weighted by Gasteiger charge is 2.12. The number of rotatable bonds is 6. The van der Waals surface area contributed by atoms with E-state index in [0.717, 1.165) is 45.0 Å². The molecule has 1 saturated heterocycles. The normalized spacial score (nSPS) is 17.2. The molecule has 1 aromatic carbocycles. The van der Waals surface area contributed by atoms with Crippen LogP contribution in [0, 0.1) is 0 Å². The average Bonchev–Trinajstić information content (AvgIpc) is 2.55. The SMILES string of the molecule is C[C@H](NC(=S)NCCN1CCOCC1)c1ccc(S(C)(=O)=O)cc1. The molecule has 0 spiro atoms. The van der Waals surface area contributed by atoms with Gasteiger partial charge >= 0.3 is 0 Å². The summed E-state index contributed by atoms with van der Waals surface area (Å²) in [5, 5.41) is 7.03. The zero-order valence-corrected chi connectivity index (χ0v) is 15.8. The second kappa shape index (κ2) is 8.75. The maximum absolute atomic E-state index is 11.5. The van der Waals surface area contributed by atoms with E-state index in [-0.39, 0.29) is 6.04 Å². The molecule has 0 bridgehead atoms. The Bertz CT molecular complexity index is 641. The number of benzene rings is 1. The van der Waals surface area contributed by atoms with Gasteiger partial charge in [-0.25, -0.2) is 8.42 Å². The van der Waals surface area contributed by atoms with Crippen molar-refractivity contribution >= 4 is 27.2 Å². The highest BCUT2D eigenvalue weighted by molar-refractivity contribution is 7.90. The first-order chi connectivity index (χ1) is 11.4. The lowest BCUT2D eigenvalue weighted by atomic mass is 10.1. The monoisotopic (exact) mass is 371 g/mol. The Labute approximate surface area is 149 Å². The van der Waals surface area contributed by atoms with Crippen LogP contribution in [0.25, 0.3) is 0 Å². The Morgan fingerprint density at radius 3 is 2.50 bits per heavy atom. The predicted octanol–water partition coefficient (Wildman–Crippen LogP) is 0.947. The van der Waals surface area contributed by atoms with Gasteiger partial charge in [0.15, 0.2) is 14.9 Å². The lowest BCUT2D eigenvalue weighted by molar-refractivity contribution is 0.0389. The van der Waals surface area contributed by atoms with Crippen molar-refractivity contribution in [3.63, 3.8) is 0 Å². The molecule has 24 heavy (non-hydrogen) atoms. The van der Waals surface area contributed by atoms with Gasteiger partial charge in [-0.2, -0.15) is 0 Å². The predicted molar refractivity (Wildman–Crippen MR) is 99.0 cm³/mol. The number of hydrogen-bond acceptors (Lipinski definition) is 5. The van der Waals surface area contributed by atoms with Crippen LogP contribution in [0.4, 0.5) is 0 Å². The van der Waals surface area contributed by atoms with Gasteiger partial charge in [-0.1, -0.05) is 12.1 Å². The maximum Gasteiger partial charge on any atom is 0.175 e. The summed E-state index contributed by atoms with van der Waals surface area (Å²) >= 11 is 5.32. The molecule has 1 aliphatic heterocycles. The van der Waals surface area contributed by atoms with E-state index in [1.165, 1.54) is 6.26 Å². The number of ether oxygens (including phenoxy) is 1. The standard InChI is InChI=1S/C16H25N3O3S2/c1-13(14-3-5-15(6-4-14)24(2,20)21)18-16(23)17-7-8-19-9-11-22-12-10-19/h3-6,13H,7-12H2,1-2H3,(H2,17,18,23)/t13-/m0/s1. The number of nitrogens with one attached hydrogen (secondary N) is 2. The molecule has 0 amide bonds. The van der Waals surface area contributed by atoms with Crippen LogP contribution < -0.4 is 10.6 Å². The molecule has 1 atom stereocenters. The number of nitrogens with zero attached hydrogens (tertiary/aromatic N) is 1. The molecule has 1 heterocycles. The number of sulfone groups is 1. The first-order valence-corrected chi connectivity index (χ1v) is 10.3. The third-order valence-electron chi connectivity index (χ3n) is 3.97. The molecule has 2 rings (SSSR count). The van der Waals surface area contributed by atoms with Crippen molar-refractivity contribution in [1.82, 2.24) is 15.5 Å². The Balaban J connectivity index is 1.76. The summed E-state index contributed by atoms with van der Waals surface area (Å²) in [7, 11) is -3.16. The van der Waals surface area contributed by atoms with Gasteiger partial charge in [0.05, 0.1) is 24.2 Å². The molecule has 134 valence electrons. The molecular formula is C16H25N3O3S2. The van der Waals surface area contributed by atoms with Crippen LogP contribution in [0.2, 0.25) is 0 Å². The Morgan fingerprint density at radius 2 is 1.92 bits per heavy atom. The molecule has 1 aliphatic rings. The van der Waals surface area contributed by atoms with E-state index in [2.05, 4.69) is 15.5 Å². The third kappa shape index (κ3) is 6.01. The van der Waals surface area contributed by atoms with E-state index in [9.17, 15) is 8.42 Å². The lowest BCUT2D eigenvalue weighted by Crippen LogP contribution is -2.44. The fraction of sp³-hybridized carbons (Fsp3) is 0.562. The van der Waals surface area contributed by atoms with Crippen molar-refractivity contribution in [2.24, 2.45) is 0 Å². The van der Waals surface area contributed by atoms with Gasteiger partial charge in [-0.3, -0.25) is 4.90 Å². The van der Waals surface area contributed by atoms with E-state index in [1.807, 2.05) is 19.1 Å². The van der Waals surface area contributed by atoms with Crippen molar-refractivity contribution in [1.29, 1.82) is 0 Å². The van der Waals surface area contributed by atoms with E-state index in [1.54, 1.807) is 12.1 Å². The minimum absolute atomic E-state index is 0.00185. The van der Waals surface area contributed by atoms with Crippen LogP contribution in [0.5, 0.6) is 0 Å². The average molecular weight is 372 g/mol. The zero-order chi connectivity index (χ0) is 17.6. The highest BCUT2D eigenvalue weighted by atomic mass is 32.2. The summed E-state index contributed by atoms with van der Waals surface area (Å²) in [6, 6.07) is 6.87. The molecule has 8 heteroatoms. The zero-order valence-electron chi connectivity index (χ0n) is 14.1. The Kier molecular flexibility index (Phi) is 6.97. The Morgan fingerprint density at radius 1 is 1.29 bits per heavy atom. The molecule has 0 aliphatic carbocycles. The van der Waals surface area contributed by atoms with Crippen molar-refractivity contribution in [2.75, 3.05) is 45.6 Å². The van der Waals surface area contributed by atoms with Crippen LogP contribution in [0.15, 0.2) is 29.2 Å². The fourth-order valence-electron chi connectivity index (χ4n) is 2.49. The minimum Gasteiger partial charge on any atom is -0.379 e. The van der Waals surface area contributed by atoms with E-state index in [4.69, 9.17) is 17.0 Å². The second-order valence-electron chi connectivity index (χ2n) is 5.92. The van der Waals surface area contributed by atoms with E-state index < -0.39 is 9.84 Å². The molecule has 0 unspecified atom stereocenters. The fourth-order valence-corrected chi connectivity index (χ4v) is 3.40. The molecule has 2 N–H and O–H groups in total. The maximum atomic E-state index is 11.5. The van der Waals surface area contributed by atoms with Gasteiger partial charge in [0.2, 0.25) is 0 Å². The number of thiocarbonyl (C=S) groups is 1. The van der Waals surface area contributed by atoms with Crippen LogP contribution in [-0.4, -0.2) is 64.1 Å². The minimum atomic E-state index is -3.16. The summed E-state index contributed by atoms with van der Waals surface area (Å²) in [6.07, 6.45) is 1.21. The van der Waals surface area contributed by atoms with Crippen molar-refractivity contribution in [3.05, 3.63) is 29.8 Å². The van der Waals surface area contributed by atoms with Crippen LogP contribution in [0.3, 0.4) is 0 Å². The molecule has 1 aromatic rings. The third-order valence-corrected chi connectivity index (χ3v) is 5.36. The summed E-state index contributed by atoms with van der Waals surface area (Å²) in [5.74, 6) is 0. The van der Waals surface area contributed by atoms with Crippen LogP contribution in [-0.2, 0) is 14.6 Å². The lowest BCUT2D eigenvalue weighted by Gasteiger charge is -2.27. The summed E-state index contributed by atoms with van der Waals surface area (Å²) in [4.78, 5) is 2.66. The molecular weight excluding hydrogens is 346 g/mol. The van der Waals surface area contributed by atoms with Gasteiger partial charge in [-0.15, -0.1) is 0 Å². The topological polar surface area (TPSA) is 70.7 Å². The largest absolute Gasteiger partial charge is 0.379 e. The van der Waals surface area contributed by atoms with Gasteiger partial charge < -0.3 is 15.4 Å². The number of hydrogen-bond donors (Lipinski definition) is 2. The molecule has 0 radical (unpaired) electrons. The van der Waals surface area contributed by atoms with Gasteiger partial charge in [0, 0.05) is 32.4 Å². The second-order valence-corrected chi connectivity index (χ2v) is 8.34. The highest BCUT2D eigenvalue weighted by Crippen LogP contribution is 2.16. The molecule has 1 fully saturated rings. The van der Waals surface area contributed by atoms with Crippen molar-refractivity contribution in [2.45, 2.75) is 17.9 Å². The molecule has 6 nitrogen and oxygen atoms in total. The van der Waals surface area contributed by atoms with Crippen molar-refractivity contribution in [3.8, 4) is 0 Å². The van der Waals surface area contributed by atoms with Crippen LogP contribution in [0.1, 0.15) is 18.5 Å². The van der Waals surface area contributed by atoms with Gasteiger partial charge in [0.1, 0.15) is 0 Å². The Hall–Kier alpha value is -1.22. The van der Waals surface area contributed by atoms with E-state index in [0.29, 0.717) is 10.0 Å². The summed E-state index contributed by atoms with van der Waals surface area (Å²) in [6.45, 7) is 7.22. The molecule has 0 aromatic heterocycles. The summed E-state index contributed by atoms with van der Waals surface area (Å²) in [5.41, 5.74) is 0.986. The number of morpholine rings is 1. The quantitative estimate of drug-likeness (QED) is 0.722. The molecule has 0 saturated carbocycles. The summed E-state index contributed by atoms with van der Waals surface area (Å²) < 4.78 is 28.3. The van der Waals surface area contributed by atoms with Crippen LogP contribution >= 0.6 is 12.2 Å². The first-order valence-electron chi connectivity index (χ1n) is 8.01. The van der Waals surface area contributed by atoms with E-state index >= 15 is 0 Å². The van der Waals surface area contributed by atoms with Crippen molar-refractivity contribution < 1.29 is 13.2 Å².